The van der Waals surface area contributed by atoms with Crippen LogP contribution in [0.25, 0.3) is 0 Å². The van der Waals surface area contributed by atoms with Crippen molar-refractivity contribution in [3.63, 3.8) is 0 Å². The number of benzene rings is 1. The van der Waals surface area contributed by atoms with Crippen LogP contribution in [0, 0.1) is 0 Å². The Bertz CT molecular complexity index is 636. The summed E-state index contributed by atoms with van der Waals surface area (Å²) in [6.45, 7) is 7.85. The average Bonchev–Trinajstić information content (AvgIpc) is 2.74. The van der Waals surface area contributed by atoms with E-state index in [0.717, 1.165) is 5.46 Å². The topological polar surface area (TPSA) is 71.1 Å². The molecule has 1 aromatic carbocycles. The van der Waals surface area contributed by atoms with Crippen LogP contribution in [0.5, 0.6) is 0 Å². The maximum Gasteiger partial charge on any atom is 0.494 e. The van der Waals surface area contributed by atoms with Crippen LogP contribution in [-0.2, 0) is 30.0 Å². The number of carbonyl (C=O) groups excluding carboxylic acids is 2. The van der Waals surface area contributed by atoms with E-state index in [9.17, 15) is 9.59 Å². The van der Waals surface area contributed by atoms with Gasteiger partial charge in [-0.25, -0.2) is 4.79 Å². The zero-order valence-electron chi connectivity index (χ0n) is 15.0. The third kappa shape index (κ3) is 3.47. The summed E-state index contributed by atoms with van der Waals surface area (Å²) >= 11 is 0. The maximum atomic E-state index is 11.9. The highest BCUT2D eigenvalue weighted by atomic mass is 16.7. The van der Waals surface area contributed by atoms with Gasteiger partial charge < -0.3 is 18.8 Å². The minimum atomic E-state index is -0.571. The second-order valence-corrected chi connectivity index (χ2v) is 6.75. The summed E-state index contributed by atoms with van der Waals surface area (Å²) in [7, 11) is 2.03. The predicted molar refractivity (Wildman–Crippen MR) is 89.2 cm³/mol. The molecule has 1 aromatic rings. The van der Waals surface area contributed by atoms with Gasteiger partial charge >= 0.3 is 19.1 Å². The zero-order chi connectivity index (χ0) is 18.1. The molecule has 0 aliphatic carbocycles. The summed E-state index contributed by atoms with van der Waals surface area (Å²) in [6, 6.07) is 5.09. The molecule has 0 saturated carbocycles. The Labute approximate surface area is 142 Å². The summed E-state index contributed by atoms with van der Waals surface area (Å²) in [6.07, 6.45) is -0.0335. The normalized spacial score (nSPS) is 18.3. The van der Waals surface area contributed by atoms with Crippen LogP contribution < -0.4 is 5.46 Å². The molecule has 6 nitrogen and oxygen atoms in total. The number of hydrogen-bond donors (Lipinski definition) is 0. The Morgan fingerprint density at radius 3 is 2.12 bits per heavy atom. The molecule has 0 amide bonds. The molecule has 1 aliphatic heterocycles. The third-order valence-electron chi connectivity index (χ3n) is 4.62. The number of carbonyl (C=O) groups is 2. The highest BCUT2D eigenvalue weighted by Crippen LogP contribution is 2.36. The molecule has 0 radical (unpaired) electrons. The van der Waals surface area contributed by atoms with Crippen LogP contribution in [0.4, 0.5) is 0 Å². The smallest absolute Gasteiger partial charge is 0.469 e. The molecular weight excluding hydrogens is 311 g/mol. The van der Waals surface area contributed by atoms with E-state index in [-0.39, 0.29) is 6.42 Å². The molecule has 2 rings (SSSR count). The van der Waals surface area contributed by atoms with E-state index in [4.69, 9.17) is 18.8 Å². The van der Waals surface area contributed by atoms with Crippen LogP contribution >= 0.6 is 0 Å². The van der Waals surface area contributed by atoms with Gasteiger partial charge in [0.2, 0.25) is 0 Å². The Morgan fingerprint density at radius 2 is 1.62 bits per heavy atom. The lowest BCUT2D eigenvalue weighted by atomic mass is 9.77. The van der Waals surface area contributed by atoms with Crippen molar-refractivity contribution in [2.24, 2.45) is 0 Å². The molecule has 0 N–H and O–H groups in total. The Morgan fingerprint density at radius 1 is 1.04 bits per heavy atom. The van der Waals surface area contributed by atoms with E-state index in [0.29, 0.717) is 11.1 Å². The molecule has 0 unspecified atom stereocenters. The van der Waals surface area contributed by atoms with Crippen molar-refractivity contribution >= 4 is 24.5 Å². The van der Waals surface area contributed by atoms with Crippen molar-refractivity contribution in [1.29, 1.82) is 0 Å². The van der Waals surface area contributed by atoms with E-state index in [1.165, 1.54) is 14.2 Å². The summed E-state index contributed by atoms with van der Waals surface area (Å²) in [5, 5.41) is 0. The van der Waals surface area contributed by atoms with Crippen molar-refractivity contribution in [2.75, 3.05) is 14.2 Å². The molecule has 1 saturated heterocycles. The van der Waals surface area contributed by atoms with Gasteiger partial charge in [-0.3, -0.25) is 4.79 Å². The molecule has 0 atom stereocenters. The van der Waals surface area contributed by atoms with Crippen LogP contribution in [-0.4, -0.2) is 44.5 Å². The molecule has 0 spiro atoms. The first kappa shape index (κ1) is 18.5. The van der Waals surface area contributed by atoms with Gasteiger partial charge in [-0.15, -0.1) is 0 Å². The zero-order valence-corrected chi connectivity index (χ0v) is 15.0. The van der Waals surface area contributed by atoms with Crippen molar-refractivity contribution in [3.8, 4) is 0 Å². The Balaban J connectivity index is 2.38. The average molecular weight is 334 g/mol. The van der Waals surface area contributed by atoms with Crippen molar-refractivity contribution in [3.05, 3.63) is 29.3 Å². The molecule has 0 aromatic heterocycles. The molecule has 1 aliphatic rings. The van der Waals surface area contributed by atoms with Crippen molar-refractivity contribution in [2.45, 2.75) is 45.3 Å². The van der Waals surface area contributed by atoms with Crippen molar-refractivity contribution < 1.29 is 28.4 Å². The largest absolute Gasteiger partial charge is 0.494 e. The molecule has 24 heavy (non-hydrogen) atoms. The quantitative estimate of drug-likeness (QED) is 0.614. The summed E-state index contributed by atoms with van der Waals surface area (Å²) in [4.78, 5) is 23.6. The third-order valence-corrected chi connectivity index (χ3v) is 4.62. The lowest BCUT2D eigenvalue weighted by molar-refractivity contribution is -0.139. The number of esters is 2. The van der Waals surface area contributed by atoms with Gasteiger partial charge in [0.15, 0.2) is 0 Å². The SMILES string of the molecule is COC(=O)Cc1cc(B2OC(C)(C)C(C)(C)O2)ccc1C(=O)OC. The number of ether oxygens (including phenoxy) is 2. The van der Waals surface area contributed by atoms with E-state index in [2.05, 4.69) is 0 Å². The minimum absolute atomic E-state index is 0.0335. The Kier molecular flexibility index (Phi) is 5.06. The van der Waals surface area contributed by atoms with E-state index >= 15 is 0 Å². The predicted octanol–water partition coefficient (Wildman–Crippen LogP) is 1.49. The van der Waals surface area contributed by atoms with E-state index in [1.807, 2.05) is 27.7 Å². The number of methoxy groups -OCH3 is 2. The summed E-state index contributed by atoms with van der Waals surface area (Å²) < 4.78 is 21.5. The maximum absolute atomic E-state index is 11.9. The van der Waals surface area contributed by atoms with Gasteiger partial charge in [0.25, 0.3) is 0 Å². The fraction of sp³-hybridized carbons (Fsp3) is 0.529. The highest BCUT2D eigenvalue weighted by molar-refractivity contribution is 6.62. The summed E-state index contributed by atoms with van der Waals surface area (Å²) in [5.74, 6) is -0.944. The van der Waals surface area contributed by atoms with Gasteiger partial charge in [0.1, 0.15) is 0 Å². The molecular formula is C17H23BO6. The lowest BCUT2D eigenvalue weighted by Crippen LogP contribution is -2.41. The second kappa shape index (κ2) is 6.57. The van der Waals surface area contributed by atoms with Gasteiger partial charge in [-0.2, -0.15) is 0 Å². The monoisotopic (exact) mass is 334 g/mol. The van der Waals surface area contributed by atoms with Gasteiger partial charge in [0.05, 0.1) is 37.4 Å². The van der Waals surface area contributed by atoms with Gasteiger partial charge in [0, 0.05) is 0 Å². The van der Waals surface area contributed by atoms with E-state index in [1.54, 1.807) is 18.2 Å². The van der Waals surface area contributed by atoms with Crippen LogP contribution in [0.3, 0.4) is 0 Å². The first-order valence-electron chi connectivity index (χ1n) is 7.75. The van der Waals surface area contributed by atoms with Crippen LogP contribution in [0.1, 0.15) is 43.6 Å². The highest BCUT2D eigenvalue weighted by Gasteiger charge is 2.51. The number of hydrogen-bond acceptors (Lipinski definition) is 6. The van der Waals surface area contributed by atoms with Crippen molar-refractivity contribution in [1.82, 2.24) is 0 Å². The fourth-order valence-corrected chi connectivity index (χ4v) is 2.42. The standard InChI is InChI=1S/C17H23BO6/c1-16(2)17(3,4)24-18(23-16)12-7-8-13(15(20)22-6)11(9-12)10-14(19)21-5/h7-9H,10H2,1-6H3. The molecule has 1 heterocycles. The molecule has 1 fully saturated rings. The van der Waals surface area contributed by atoms with Crippen LogP contribution in [0.2, 0.25) is 0 Å². The molecule has 7 heteroatoms. The first-order chi connectivity index (χ1) is 11.1. The molecule has 0 bridgehead atoms. The number of rotatable bonds is 4. The minimum Gasteiger partial charge on any atom is -0.469 e. The molecule has 130 valence electrons. The van der Waals surface area contributed by atoms with Crippen LogP contribution in [0.15, 0.2) is 18.2 Å². The second-order valence-electron chi connectivity index (χ2n) is 6.75. The first-order valence-corrected chi connectivity index (χ1v) is 7.75. The Hall–Kier alpha value is -1.86. The fourth-order valence-electron chi connectivity index (χ4n) is 2.42. The van der Waals surface area contributed by atoms with Gasteiger partial charge in [-0.1, -0.05) is 12.1 Å². The van der Waals surface area contributed by atoms with Gasteiger partial charge in [-0.05, 0) is 44.8 Å². The summed E-state index contributed by atoms with van der Waals surface area (Å²) in [5.41, 5.74) is 0.631. The lowest BCUT2D eigenvalue weighted by Gasteiger charge is -2.32. The van der Waals surface area contributed by atoms with E-state index < -0.39 is 30.3 Å².